The minimum Gasteiger partial charge on any atom is -0.483 e. The van der Waals surface area contributed by atoms with Crippen LogP contribution in [-0.2, 0) is 5.75 Å². The molecule has 1 atom stereocenters. The van der Waals surface area contributed by atoms with E-state index in [1.165, 1.54) is 11.3 Å². The van der Waals surface area contributed by atoms with Crippen molar-refractivity contribution in [2.24, 2.45) is 0 Å². The lowest BCUT2D eigenvalue weighted by molar-refractivity contribution is 0.225. The van der Waals surface area contributed by atoms with E-state index in [9.17, 15) is 0 Å². The fraction of sp³-hybridized carbons (Fsp3) is 0.267. The van der Waals surface area contributed by atoms with Crippen molar-refractivity contribution in [1.29, 1.82) is 0 Å². The summed E-state index contributed by atoms with van der Waals surface area (Å²) in [7, 11) is 0. The summed E-state index contributed by atoms with van der Waals surface area (Å²) in [5.74, 6) is 2.26. The van der Waals surface area contributed by atoms with Gasteiger partial charge >= 0.3 is 0 Å². The minimum absolute atomic E-state index is 0.152. The van der Waals surface area contributed by atoms with Crippen molar-refractivity contribution in [3.63, 3.8) is 0 Å². The highest BCUT2D eigenvalue weighted by Crippen LogP contribution is 2.28. The van der Waals surface area contributed by atoms with Crippen molar-refractivity contribution in [3.05, 3.63) is 46.2 Å². The zero-order valence-corrected chi connectivity index (χ0v) is 15.9. The van der Waals surface area contributed by atoms with Crippen molar-refractivity contribution >= 4 is 39.4 Å². The van der Waals surface area contributed by atoms with Crippen LogP contribution in [0, 0.1) is 6.92 Å². The first-order chi connectivity index (χ1) is 12.2. The number of rotatable bonds is 6. The van der Waals surface area contributed by atoms with Crippen molar-refractivity contribution in [2.45, 2.75) is 30.0 Å². The number of hydrogen-bond donors (Lipinski definition) is 0. The SMILES string of the molecule is Cc1nnc(SCc2nnc3sc([C@H](C)Oc4ccccc4)nn23)s1. The van der Waals surface area contributed by atoms with Crippen LogP contribution in [0.5, 0.6) is 5.75 Å². The zero-order chi connectivity index (χ0) is 17.2. The Morgan fingerprint density at radius 3 is 2.72 bits per heavy atom. The second kappa shape index (κ2) is 7.06. The summed E-state index contributed by atoms with van der Waals surface area (Å²) in [5, 5.41) is 23.0. The first-order valence-corrected chi connectivity index (χ1v) is 10.2. The largest absolute Gasteiger partial charge is 0.483 e. The second-order valence-electron chi connectivity index (χ2n) is 5.20. The summed E-state index contributed by atoms with van der Waals surface area (Å²) < 4.78 is 8.64. The van der Waals surface area contributed by atoms with E-state index in [-0.39, 0.29) is 6.10 Å². The van der Waals surface area contributed by atoms with Gasteiger partial charge < -0.3 is 4.74 Å². The number of ether oxygens (including phenoxy) is 1. The van der Waals surface area contributed by atoms with Crippen molar-refractivity contribution < 1.29 is 4.74 Å². The summed E-state index contributed by atoms with van der Waals surface area (Å²) >= 11 is 4.65. The van der Waals surface area contributed by atoms with E-state index in [0.717, 1.165) is 30.9 Å². The summed E-state index contributed by atoms with van der Waals surface area (Å²) in [4.78, 5) is 0.766. The molecule has 0 bridgehead atoms. The lowest BCUT2D eigenvalue weighted by atomic mass is 10.3. The zero-order valence-electron chi connectivity index (χ0n) is 13.5. The molecule has 10 heteroatoms. The normalized spacial score (nSPS) is 12.6. The Balaban J connectivity index is 1.49. The van der Waals surface area contributed by atoms with E-state index < -0.39 is 0 Å². The fourth-order valence-electron chi connectivity index (χ4n) is 2.14. The van der Waals surface area contributed by atoms with Crippen molar-refractivity contribution in [2.75, 3.05) is 0 Å². The monoisotopic (exact) mass is 390 g/mol. The molecule has 0 radical (unpaired) electrons. The van der Waals surface area contributed by atoms with Gasteiger partial charge in [-0.3, -0.25) is 0 Å². The molecule has 25 heavy (non-hydrogen) atoms. The van der Waals surface area contributed by atoms with Gasteiger partial charge in [-0.25, -0.2) is 0 Å². The molecule has 0 N–H and O–H groups in total. The topological polar surface area (TPSA) is 78.1 Å². The van der Waals surface area contributed by atoms with E-state index in [4.69, 9.17) is 4.74 Å². The van der Waals surface area contributed by atoms with Gasteiger partial charge in [-0.15, -0.1) is 20.4 Å². The predicted octanol–water partition coefficient (Wildman–Crippen LogP) is 3.78. The van der Waals surface area contributed by atoms with Gasteiger partial charge in [0.15, 0.2) is 15.2 Å². The van der Waals surface area contributed by atoms with Crippen molar-refractivity contribution in [1.82, 2.24) is 30.0 Å². The van der Waals surface area contributed by atoms with E-state index in [2.05, 4.69) is 25.5 Å². The van der Waals surface area contributed by atoms with Crippen LogP contribution in [-0.4, -0.2) is 30.0 Å². The maximum atomic E-state index is 5.94. The van der Waals surface area contributed by atoms with Crippen molar-refractivity contribution in [3.8, 4) is 5.75 Å². The third-order valence-electron chi connectivity index (χ3n) is 3.31. The molecular formula is C15H14N6OS3. The Bertz CT molecular complexity index is 980. The molecule has 4 rings (SSSR count). The number of hydrogen-bond acceptors (Lipinski definition) is 9. The number of thioether (sulfide) groups is 1. The average Bonchev–Trinajstić information content (AvgIpc) is 3.30. The highest BCUT2D eigenvalue weighted by Gasteiger charge is 2.18. The van der Waals surface area contributed by atoms with Gasteiger partial charge in [0.05, 0.1) is 5.75 Å². The van der Waals surface area contributed by atoms with E-state index in [0.29, 0.717) is 5.75 Å². The Kier molecular flexibility index (Phi) is 4.64. The van der Waals surface area contributed by atoms with E-state index >= 15 is 0 Å². The smallest absolute Gasteiger partial charge is 0.234 e. The average molecular weight is 391 g/mol. The van der Waals surface area contributed by atoms with Gasteiger partial charge in [0, 0.05) is 0 Å². The maximum Gasteiger partial charge on any atom is 0.234 e. The molecule has 0 saturated heterocycles. The predicted molar refractivity (Wildman–Crippen MR) is 98.4 cm³/mol. The minimum atomic E-state index is -0.152. The number of para-hydroxylation sites is 1. The van der Waals surface area contributed by atoms with Crippen LogP contribution in [0.2, 0.25) is 0 Å². The van der Waals surface area contributed by atoms with E-state index in [1.807, 2.05) is 44.2 Å². The Labute approximate surface area is 156 Å². The molecule has 128 valence electrons. The molecule has 1 aromatic carbocycles. The lowest BCUT2D eigenvalue weighted by Gasteiger charge is -2.11. The summed E-state index contributed by atoms with van der Waals surface area (Å²) in [5.41, 5.74) is 0. The first kappa shape index (κ1) is 16.4. The highest BCUT2D eigenvalue weighted by molar-refractivity contribution is 8.00. The van der Waals surface area contributed by atoms with Crippen LogP contribution in [0.25, 0.3) is 4.96 Å². The Morgan fingerprint density at radius 2 is 1.96 bits per heavy atom. The standard InChI is InChI=1S/C15H14N6OS3/c1-9(22-11-6-4-3-5-7-11)13-20-21-12(17-18-14(21)25-13)8-23-15-19-16-10(2)24-15/h3-7,9H,8H2,1-2H3/t9-/m0/s1. The molecule has 0 spiro atoms. The Morgan fingerprint density at radius 1 is 1.12 bits per heavy atom. The number of nitrogens with zero attached hydrogens (tertiary/aromatic N) is 6. The molecule has 0 saturated carbocycles. The van der Waals surface area contributed by atoms with Gasteiger partial charge in [-0.05, 0) is 26.0 Å². The molecule has 4 aromatic rings. The number of aryl methyl sites for hydroxylation is 1. The van der Waals surface area contributed by atoms with Crippen LogP contribution < -0.4 is 4.74 Å². The molecule has 0 aliphatic rings. The van der Waals surface area contributed by atoms with Crippen LogP contribution in [0.1, 0.15) is 28.9 Å². The van der Waals surface area contributed by atoms with Gasteiger partial charge in [0.1, 0.15) is 16.9 Å². The molecule has 3 heterocycles. The summed E-state index contributed by atoms with van der Waals surface area (Å²) in [6, 6.07) is 9.73. The summed E-state index contributed by atoms with van der Waals surface area (Å²) in [6.45, 7) is 3.93. The van der Waals surface area contributed by atoms with E-state index in [1.54, 1.807) is 27.6 Å². The van der Waals surface area contributed by atoms with Crippen LogP contribution in [0.3, 0.4) is 0 Å². The first-order valence-electron chi connectivity index (χ1n) is 7.54. The molecule has 7 nitrogen and oxygen atoms in total. The number of fused-ring (bicyclic) bond motifs is 1. The molecule has 0 aliphatic carbocycles. The van der Waals surface area contributed by atoms with Crippen LogP contribution in [0.15, 0.2) is 34.7 Å². The third kappa shape index (κ3) is 3.65. The maximum absolute atomic E-state index is 5.94. The third-order valence-corrected chi connectivity index (χ3v) is 6.34. The quantitative estimate of drug-likeness (QED) is 0.464. The second-order valence-corrected chi connectivity index (χ2v) is 8.59. The molecule has 0 aliphatic heterocycles. The van der Waals surface area contributed by atoms with Gasteiger partial charge in [0.2, 0.25) is 4.96 Å². The molecule has 3 aromatic heterocycles. The Hall–Kier alpha value is -2.04. The molecule has 0 unspecified atom stereocenters. The fourth-order valence-corrected chi connectivity index (χ4v) is 4.70. The lowest BCUT2D eigenvalue weighted by Crippen LogP contribution is -2.04. The molecule has 0 amide bonds. The molecular weight excluding hydrogens is 376 g/mol. The number of benzene rings is 1. The van der Waals surface area contributed by atoms with Gasteiger partial charge in [-0.2, -0.15) is 9.61 Å². The van der Waals surface area contributed by atoms with Crippen LogP contribution >= 0.6 is 34.4 Å². The number of aromatic nitrogens is 6. The molecule has 0 fully saturated rings. The highest BCUT2D eigenvalue weighted by atomic mass is 32.2. The summed E-state index contributed by atoms with van der Waals surface area (Å²) in [6.07, 6.45) is -0.152. The van der Waals surface area contributed by atoms with Gasteiger partial charge in [0.25, 0.3) is 0 Å². The van der Waals surface area contributed by atoms with Crippen LogP contribution in [0.4, 0.5) is 0 Å². The van der Waals surface area contributed by atoms with Gasteiger partial charge in [-0.1, -0.05) is 52.6 Å².